The van der Waals surface area contributed by atoms with E-state index in [4.69, 9.17) is 11.6 Å². The number of halogens is 1. The van der Waals surface area contributed by atoms with Crippen molar-refractivity contribution < 1.29 is 9.59 Å². The van der Waals surface area contributed by atoms with Crippen LogP contribution in [0.4, 0.5) is 5.69 Å². The van der Waals surface area contributed by atoms with Gasteiger partial charge in [-0.3, -0.25) is 9.59 Å². The fourth-order valence-corrected chi connectivity index (χ4v) is 2.68. The summed E-state index contributed by atoms with van der Waals surface area (Å²) in [5.74, 6) is -0.345. The molecule has 0 fully saturated rings. The van der Waals surface area contributed by atoms with Crippen molar-refractivity contribution in [1.29, 1.82) is 0 Å². The Morgan fingerprint density at radius 2 is 1.72 bits per heavy atom. The molecule has 3 rings (SSSR count). The van der Waals surface area contributed by atoms with Crippen LogP contribution in [0, 0.1) is 5.41 Å². The lowest BCUT2D eigenvalue weighted by atomic mass is 9.95. The number of ketones is 1. The van der Waals surface area contributed by atoms with Crippen LogP contribution in [0.2, 0.25) is 5.02 Å². The molecule has 25 heavy (non-hydrogen) atoms. The van der Waals surface area contributed by atoms with Crippen molar-refractivity contribution in [3.05, 3.63) is 64.8 Å². The van der Waals surface area contributed by atoms with Gasteiger partial charge in [0.1, 0.15) is 5.69 Å². The molecule has 0 aliphatic rings. The van der Waals surface area contributed by atoms with Gasteiger partial charge in [0.2, 0.25) is 11.7 Å². The van der Waals surface area contributed by atoms with Crippen LogP contribution in [0.15, 0.2) is 48.5 Å². The molecule has 128 valence electrons. The lowest BCUT2D eigenvalue weighted by molar-refractivity contribution is -0.123. The minimum atomic E-state index is -0.580. The Morgan fingerprint density at radius 1 is 1.04 bits per heavy atom. The first kappa shape index (κ1) is 17.2. The highest BCUT2D eigenvalue weighted by Crippen LogP contribution is 2.32. The standard InChI is InChI=1S/C20H19ClN2O2/c1-20(2,3)19(25)23-16-14-10-9-13(21)11-15(14)22-17(16)18(24)12-7-5-4-6-8-12/h4-11,22H,1-3H3,(H,23,25). The molecular formula is C20H19ClN2O2. The van der Waals surface area contributed by atoms with Gasteiger partial charge in [-0.05, 0) is 18.2 Å². The number of fused-ring (bicyclic) bond motifs is 1. The van der Waals surface area contributed by atoms with E-state index >= 15 is 0 Å². The van der Waals surface area contributed by atoms with Gasteiger partial charge < -0.3 is 10.3 Å². The van der Waals surface area contributed by atoms with Crippen molar-refractivity contribution in [3.8, 4) is 0 Å². The van der Waals surface area contributed by atoms with Crippen LogP contribution in [0.25, 0.3) is 10.9 Å². The zero-order chi connectivity index (χ0) is 18.2. The summed E-state index contributed by atoms with van der Waals surface area (Å²) < 4.78 is 0. The maximum Gasteiger partial charge on any atom is 0.229 e. The van der Waals surface area contributed by atoms with Crippen molar-refractivity contribution in [2.75, 3.05) is 5.32 Å². The molecule has 0 bridgehead atoms. The number of amides is 1. The molecular weight excluding hydrogens is 336 g/mol. The van der Waals surface area contributed by atoms with E-state index in [1.54, 1.807) is 42.5 Å². The fraction of sp³-hybridized carbons (Fsp3) is 0.200. The Kier molecular flexibility index (Phi) is 4.39. The van der Waals surface area contributed by atoms with Gasteiger partial charge in [-0.1, -0.05) is 62.7 Å². The lowest BCUT2D eigenvalue weighted by Gasteiger charge is -2.18. The molecule has 2 N–H and O–H groups in total. The SMILES string of the molecule is CC(C)(C)C(=O)Nc1c(C(=O)c2ccccc2)[nH]c2cc(Cl)ccc12. The summed E-state index contributed by atoms with van der Waals surface area (Å²) in [6.07, 6.45) is 0. The maximum atomic E-state index is 12.9. The Morgan fingerprint density at radius 3 is 2.36 bits per heavy atom. The molecule has 0 radical (unpaired) electrons. The number of aromatic nitrogens is 1. The van der Waals surface area contributed by atoms with E-state index in [1.165, 1.54) is 0 Å². The third-order valence-electron chi connectivity index (χ3n) is 3.94. The number of anilines is 1. The molecule has 0 aliphatic heterocycles. The topological polar surface area (TPSA) is 62.0 Å². The zero-order valence-electron chi connectivity index (χ0n) is 14.3. The van der Waals surface area contributed by atoms with E-state index in [0.29, 0.717) is 27.5 Å². The smallest absolute Gasteiger partial charge is 0.229 e. The minimum absolute atomic E-state index is 0.162. The summed E-state index contributed by atoms with van der Waals surface area (Å²) >= 11 is 6.06. The van der Waals surface area contributed by atoms with Gasteiger partial charge >= 0.3 is 0 Å². The molecule has 0 saturated carbocycles. The van der Waals surface area contributed by atoms with Crippen LogP contribution in [-0.2, 0) is 4.79 Å². The predicted molar refractivity (Wildman–Crippen MR) is 101 cm³/mol. The quantitative estimate of drug-likeness (QED) is 0.647. The number of carbonyl (C=O) groups excluding carboxylic acids is 2. The number of H-pyrrole nitrogens is 1. The van der Waals surface area contributed by atoms with Gasteiger partial charge in [-0.2, -0.15) is 0 Å². The fourth-order valence-electron chi connectivity index (χ4n) is 2.50. The van der Waals surface area contributed by atoms with E-state index in [2.05, 4.69) is 10.3 Å². The largest absolute Gasteiger partial charge is 0.350 e. The first-order valence-electron chi connectivity index (χ1n) is 8.00. The highest BCUT2D eigenvalue weighted by Gasteiger charge is 2.26. The average Bonchev–Trinajstić information content (AvgIpc) is 2.91. The summed E-state index contributed by atoms with van der Waals surface area (Å²) in [4.78, 5) is 28.5. The van der Waals surface area contributed by atoms with E-state index in [0.717, 1.165) is 5.39 Å². The second-order valence-electron chi connectivity index (χ2n) is 6.96. The highest BCUT2D eigenvalue weighted by molar-refractivity contribution is 6.31. The van der Waals surface area contributed by atoms with Gasteiger partial charge in [0.05, 0.1) is 5.69 Å². The highest BCUT2D eigenvalue weighted by atomic mass is 35.5. The third-order valence-corrected chi connectivity index (χ3v) is 4.18. The Bertz CT molecular complexity index is 953. The lowest BCUT2D eigenvalue weighted by Crippen LogP contribution is -2.28. The summed E-state index contributed by atoms with van der Waals surface area (Å²) in [6, 6.07) is 14.2. The van der Waals surface area contributed by atoms with Crippen molar-refractivity contribution in [1.82, 2.24) is 4.98 Å². The summed E-state index contributed by atoms with van der Waals surface area (Å²) in [6.45, 7) is 5.48. The Labute approximate surface area is 151 Å². The molecule has 0 unspecified atom stereocenters. The van der Waals surface area contributed by atoms with Gasteiger partial charge in [0.15, 0.2) is 0 Å². The Balaban J connectivity index is 2.15. The molecule has 1 heterocycles. The molecule has 0 atom stereocenters. The second kappa shape index (κ2) is 6.37. The molecule has 2 aromatic carbocycles. The molecule has 0 spiro atoms. The van der Waals surface area contributed by atoms with E-state index < -0.39 is 5.41 Å². The zero-order valence-corrected chi connectivity index (χ0v) is 15.1. The predicted octanol–water partition coefficient (Wildman–Crippen LogP) is 5.04. The van der Waals surface area contributed by atoms with Crippen molar-refractivity contribution in [2.24, 2.45) is 5.41 Å². The molecule has 5 heteroatoms. The molecule has 1 amide bonds. The summed E-state index contributed by atoms with van der Waals surface area (Å²) in [5, 5.41) is 4.22. The molecule has 4 nitrogen and oxygen atoms in total. The molecule has 0 saturated heterocycles. The number of carbonyl (C=O) groups is 2. The van der Waals surface area contributed by atoms with Gasteiger partial charge in [-0.15, -0.1) is 0 Å². The van der Waals surface area contributed by atoms with Crippen LogP contribution in [0.1, 0.15) is 36.8 Å². The van der Waals surface area contributed by atoms with E-state index in [-0.39, 0.29) is 11.7 Å². The average molecular weight is 355 g/mol. The van der Waals surface area contributed by atoms with Gasteiger partial charge in [0, 0.05) is 26.9 Å². The van der Waals surface area contributed by atoms with Crippen molar-refractivity contribution in [2.45, 2.75) is 20.8 Å². The number of benzene rings is 2. The number of aromatic amines is 1. The van der Waals surface area contributed by atoms with Gasteiger partial charge in [0.25, 0.3) is 0 Å². The molecule has 0 aliphatic carbocycles. The maximum absolute atomic E-state index is 12.9. The monoisotopic (exact) mass is 354 g/mol. The van der Waals surface area contributed by atoms with Crippen LogP contribution in [0.5, 0.6) is 0 Å². The van der Waals surface area contributed by atoms with Crippen LogP contribution < -0.4 is 5.32 Å². The number of hydrogen-bond acceptors (Lipinski definition) is 2. The number of nitrogens with one attached hydrogen (secondary N) is 2. The van der Waals surface area contributed by atoms with Gasteiger partial charge in [-0.25, -0.2) is 0 Å². The van der Waals surface area contributed by atoms with E-state index in [1.807, 2.05) is 26.8 Å². The van der Waals surface area contributed by atoms with Crippen molar-refractivity contribution >= 4 is 39.9 Å². The first-order chi connectivity index (χ1) is 11.8. The minimum Gasteiger partial charge on any atom is -0.350 e. The van der Waals surface area contributed by atoms with Crippen molar-refractivity contribution in [3.63, 3.8) is 0 Å². The summed E-state index contributed by atoms with van der Waals surface area (Å²) in [5.41, 5.74) is 1.51. The molecule has 3 aromatic rings. The third kappa shape index (κ3) is 3.44. The normalized spacial score (nSPS) is 11.5. The second-order valence-corrected chi connectivity index (χ2v) is 7.40. The van der Waals surface area contributed by atoms with Crippen LogP contribution in [0.3, 0.4) is 0 Å². The first-order valence-corrected chi connectivity index (χ1v) is 8.37. The Hall–Kier alpha value is -2.59. The van der Waals surface area contributed by atoms with E-state index in [9.17, 15) is 9.59 Å². The number of rotatable bonds is 3. The van der Waals surface area contributed by atoms with Crippen LogP contribution >= 0.6 is 11.6 Å². The summed E-state index contributed by atoms with van der Waals surface area (Å²) in [7, 11) is 0. The van der Waals surface area contributed by atoms with Crippen LogP contribution in [-0.4, -0.2) is 16.7 Å². The molecule has 1 aromatic heterocycles. The number of hydrogen-bond donors (Lipinski definition) is 2.